The first kappa shape index (κ1) is 22.7. The molecule has 0 radical (unpaired) electrons. The van der Waals surface area contributed by atoms with E-state index in [-0.39, 0.29) is 5.91 Å². The van der Waals surface area contributed by atoms with Crippen LogP contribution in [-0.4, -0.2) is 27.6 Å². The largest absolute Gasteiger partial charge is 0.342 e. The summed E-state index contributed by atoms with van der Waals surface area (Å²) in [5.41, 5.74) is 6.73. The summed E-state index contributed by atoms with van der Waals surface area (Å²) in [5, 5.41) is 11.2. The van der Waals surface area contributed by atoms with Gasteiger partial charge in [0.25, 0.3) is 5.91 Å². The molecule has 1 fully saturated rings. The Morgan fingerprint density at radius 2 is 1.83 bits per heavy atom. The van der Waals surface area contributed by atoms with E-state index in [9.17, 15) is 10.1 Å². The van der Waals surface area contributed by atoms with E-state index in [2.05, 4.69) is 35.0 Å². The molecule has 1 saturated heterocycles. The molecule has 4 aromatic rings. The van der Waals surface area contributed by atoms with Crippen LogP contribution in [0.4, 0.5) is 5.69 Å². The lowest BCUT2D eigenvalue weighted by Gasteiger charge is -2.08. The fraction of sp³-hybridized carbons (Fsp3) is 0.138. The van der Waals surface area contributed by atoms with Crippen LogP contribution in [0.15, 0.2) is 82.8 Å². The van der Waals surface area contributed by atoms with Gasteiger partial charge in [-0.1, -0.05) is 48.5 Å². The highest BCUT2D eigenvalue weighted by molar-refractivity contribution is 8.18. The van der Waals surface area contributed by atoms with Gasteiger partial charge in [0.05, 0.1) is 22.2 Å². The van der Waals surface area contributed by atoms with Gasteiger partial charge in [-0.25, -0.2) is 4.99 Å². The fourth-order valence-electron chi connectivity index (χ4n) is 4.21. The van der Waals surface area contributed by atoms with Crippen molar-refractivity contribution in [2.24, 2.45) is 4.99 Å². The van der Waals surface area contributed by atoms with Crippen LogP contribution in [-0.2, 0) is 11.3 Å². The lowest BCUT2D eigenvalue weighted by Crippen LogP contribution is -2.23. The zero-order chi connectivity index (χ0) is 24.5. The second-order valence-corrected chi connectivity index (χ2v) is 9.67. The molecule has 3 aromatic carbocycles. The van der Waals surface area contributed by atoms with Gasteiger partial charge in [0.15, 0.2) is 5.17 Å². The fourth-order valence-corrected chi connectivity index (χ4v) is 5.18. The van der Waals surface area contributed by atoms with Gasteiger partial charge in [-0.3, -0.25) is 9.69 Å². The molecule has 0 spiro atoms. The van der Waals surface area contributed by atoms with Crippen molar-refractivity contribution in [1.82, 2.24) is 9.47 Å². The third kappa shape index (κ3) is 4.39. The molecule has 5 rings (SSSR count). The van der Waals surface area contributed by atoms with Crippen molar-refractivity contribution in [2.45, 2.75) is 20.4 Å². The van der Waals surface area contributed by atoms with Crippen LogP contribution < -0.4 is 0 Å². The van der Waals surface area contributed by atoms with Crippen molar-refractivity contribution in [2.75, 3.05) is 7.05 Å². The van der Waals surface area contributed by atoms with Gasteiger partial charge in [0, 0.05) is 36.3 Å². The molecule has 0 aliphatic carbocycles. The molecule has 0 bridgehead atoms. The highest BCUT2D eigenvalue weighted by atomic mass is 32.2. The summed E-state index contributed by atoms with van der Waals surface area (Å²) in [4.78, 5) is 20.1. The topological polar surface area (TPSA) is 61.4 Å². The number of carbonyl (C=O) groups is 1. The summed E-state index contributed by atoms with van der Waals surface area (Å²) in [6.07, 6.45) is 4.00. The van der Waals surface area contributed by atoms with Crippen LogP contribution in [0, 0.1) is 25.2 Å². The van der Waals surface area contributed by atoms with Crippen molar-refractivity contribution >= 4 is 45.5 Å². The maximum atomic E-state index is 13.1. The minimum Gasteiger partial charge on any atom is -0.342 e. The van der Waals surface area contributed by atoms with Crippen molar-refractivity contribution in [3.63, 3.8) is 0 Å². The number of aromatic nitrogens is 1. The monoisotopic (exact) mass is 476 g/mol. The smallest absolute Gasteiger partial charge is 0.266 e. The average molecular weight is 477 g/mol. The van der Waals surface area contributed by atoms with E-state index in [0.29, 0.717) is 22.2 Å². The number of nitrogens with zero attached hydrogens (tertiary/aromatic N) is 4. The zero-order valence-corrected chi connectivity index (χ0v) is 20.6. The molecule has 1 amide bonds. The Morgan fingerprint density at radius 3 is 2.66 bits per heavy atom. The second kappa shape index (κ2) is 9.28. The lowest BCUT2D eigenvalue weighted by molar-refractivity contribution is -0.121. The molecule has 172 valence electrons. The third-order valence-electron chi connectivity index (χ3n) is 6.17. The standard InChI is InChI=1S/C29H24N4OS/c1-19-12-13-20(2)25(14-19)31-29-32(3)28(34)27(35-29)15-23-18-33(26-11-7-6-10-24(23)26)17-22-9-5-4-8-21(22)16-30/h4-15,18H,17H2,1-3H3/b27-15-,31-29?. The molecule has 2 heterocycles. The van der Waals surface area contributed by atoms with Gasteiger partial charge in [-0.15, -0.1) is 0 Å². The molecule has 6 heteroatoms. The van der Waals surface area contributed by atoms with Crippen molar-refractivity contribution < 1.29 is 4.79 Å². The summed E-state index contributed by atoms with van der Waals surface area (Å²) < 4.78 is 2.14. The van der Waals surface area contributed by atoms with E-state index >= 15 is 0 Å². The molecule has 1 aromatic heterocycles. The van der Waals surface area contributed by atoms with E-state index in [1.807, 2.05) is 68.5 Å². The highest BCUT2D eigenvalue weighted by Crippen LogP contribution is 2.35. The van der Waals surface area contributed by atoms with Crippen LogP contribution in [0.3, 0.4) is 0 Å². The summed E-state index contributed by atoms with van der Waals surface area (Å²) in [6.45, 7) is 4.64. The summed E-state index contributed by atoms with van der Waals surface area (Å²) in [5.74, 6) is -0.0642. The number of hydrogen-bond donors (Lipinski definition) is 0. The average Bonchev–Trinajstić information content (AvgIpc) is 3.34. The minimum atomic E-state index is -0.0642. The van der Waals surface area contributed by atoms with Crippen LogP contribution in [0.5, 0.6) is 0 Å². The zero-order valence-electron chi connectivity index (χ0n) is 19.8. The van der Waals surface area contributed by atoms with E-state index in [0.717, 1.165) is 38.8 Å². The predicted molar refractivity (Wildman–Crippen MR) is 144 cm³/mol. The number of hydrogen-bond acceptors (Lipinski definition) is 4. The highest BCUT2D eigenvalue weighted by Gasteiger charge is 2.30. The maximum absolute atomic E-state index is 13.1. The number of nitriles is 1. The molecular formula is C29H24N4OS. The first-order chi connectivity index (χ1) is 16.9. The summed E-state index contributed by atoms with van der Waals surface area (Å²) in [6, 6.07) is 24.2. The molecule has 5 nitrogen and oxygen atoms in total. The van der Waals surface area contributed by atoms with Gasteiger partial charge in [-0.2, -0.15) is 5.26 Å². The van der Waals surface area contributed by atoms with Crippen LogP contribution >= 0.6 is 11.8 Å². The molecule has 35 heavy (non-hydrogen) atoms. The number of benzene rings is 3. The van der Waals surface area contributed by atoms with Gasteiger partial charge in [0.1, 0.15) is 0 Å². The Labute approximate surface area is 209 Å². The van der Waals surface area contributed by atoms with Crippen LogP contribution in [0.1, 0.15) is 27.8 Å². The number of amidine groups is 1. The maximum Gasteiger partial charge on any atom is 0.266 e. The summed E-state index contributed by atoms with van der Waals surface area (Å²) >= 11 is 1.39. The van der Waals surface area contributed by atoms with E-state index < -0.39 is 0 Å². The number of carbonyl (C=O) groups excluding carboxylic acids is 1. The Bertz CT molecular complexity index is 1570. The molecule has 0 atom stereocenters. The van der Waals surface area contributed by atoms with Crippen molar-refractivity contribution in [1.29, 1.82) is 5.26 Å². The van der Waals surface area contributed by atoms with Crippen molar-refractivity contribution in [3.8, 4) is 6.07 Å². The number of rotatable bonds is 4. The molecule has 1 aliphatic rings. The van der Waals surface area contributed by atoms with E-state index in [4.69, 9.17) is 4.99 Å². The molecule has 0 N–H and O–H groups in total. The van der Waals surface area contributed by atoms with Crippen molar-refractivity contribution in [3.05, 3.63) is 106 Å². The Hall–Kier alpha value is -4.08. The van der Waals surface area contributed by atoms with Crippen LogP contribution in [0.25, 0.3) is 17.0 Å². The first-order valence-electron chi connectivity index (χ1n) is 11.3. The Kier molecular flexibility index (Phi) is 6.02. The Balaban J connectivity index is 1.53. The number of aryl methyl sites for hydroxylation is 2. The molecular weight excluding hydrogens is 452 g/mol. The second-order valence-electron chi connectivity index (χ2n) is 8.66. The number of thioether (sulfide) groups is 1. The Morgan fingerprint density at radius 1 is 1.06 bits per heavy atom. The normalized spacial score (nSPS) is 15.9. The van der Waals surface area contributed by atoms with E-state index in [1.54, 1.807) is 11.9 Å². The van der Waals surface area contributed by atoms with E-state index in [1.165, 1.54) is 11.8 Å². The quantitative estimate of drug-likeness (QED) is 0.320. The molecule has 0 saturated carbocycles. The van der Waals surface area contributed by atoms with Crippen LogP contribution in [0.2, 0.25) is 0 Å². The number of para-hydroxylation sites is 1. The minimum absolute atomic E-state index is 0.0642. The lowest BCUT2D eigenvalue weighted by atomic mass is 10.1. The first-order valence-corrected chi connectivity index (χ1v) is 12.2. The summed E-state index contributed by atoms with van der Waals surface area (Å²) in [7, 11) is 1.77. The van der Waals surface area contributed by atoms with Gasteiger partial charge in [0.2, 0.25) is 0 Å². The predicted octanol–water partition coefficient (Wildman–Crippen LogP) is 6.41. The molecule has 0 unspecified atom stereocenters. The van der Waals surface area contributed by atoms with Gasteiger partial charge < -0.3 is 4.57 Å². The third-order valence-corrected chi connectivity index (χ3v) is 7.23. The van der Waals surface area contributed by atoms with Gasteiger partial charge in [-0.05, 0) is 66.6 Å². The van der Waals surface area contributed by atoms with Gasteiger partial charge >= 0.3 is 0 Å². The number of fused-ring (bicyclic) bond motifs is 1. The number of aliphatic imine (C=N–C) groups is 1. The number of likely N-dealkylation sites (N-methyl/N-ethyl adjacent to an activating group) is 1. The number of amides is 1. The molecule has 1 aliphatic heterocycles. The SMILES string of the molecule is Cc1ccc(C)c(N=C2S/C(=C\c3cn(Cc4ccccc4C#N)c4ccccc34)C(=O)N2C)c1.